The molecule has 15 atom stereocenters. The number of phenols is 1. The van der Waals surface area contributed by atoms with Crippen LogP contribution in [0.4, 0.5) is 4.79 Å². The number of aliphatic hydroxyl groups excluding tert-OH is 2. The van der Waals surface area contributed by atoms with Crippen LogP contribution < -0.4 is 102 Å². The van der Waals surface area contributed by atoms with Crippen LogP contribution >= 0.6 is 11.8 Å². The molecule has 2 aromatic heterocycles. The van der Waals surface area contributed by atoms with Gasteiger partial charge in [0.1, 0.15) is 78.3 Å². The van der Waals surface area contributed by atoms with Crippen LogP contribution in [0.1, 0.15) is 210 Å². The van der Waals surface area contributed by atoms with Gasteiger partial charge < -0.3 is 138 Å². The van der Waals surface area contributed by atoms with Crippen LogP contribution in [0, 0.1) is 11.3 Å². The Balaban J connectivity index is 0.903. The maximum Gasteiger partial charge on any atom is 0.315 e. The Kier molecular flexibility index (Phi) is 49.4. The number of amides is 17. The lowest BCUT2D eigenvalue weighted by atomic mass is 10.0. The lowest BCUT2D eigenvalue weighted by molar-refractivity contribution is -0.142. The molecule has 17 amide bonds. The van der Waals surface area contributed by atoms with Gasteiger partial charge in [-0.3, -0.25) is 82.1 Å². The topological polar surface area (TPSA) is 713 Å². The van der Waals surface area contributed by atoms with Crippen molar-refractivity contribution in [3.8, 4) is 5.75 Å². The zero-order chi connectivity index (χ0) is 105. The number of unbranched alkanes of at least 4 members (excludes halogenated alkanes) is 11. The van der Waals surface area contributed by atoms with Crippen LogP contribution in [0.3, 0.4) is 0 Å². The number of aromatic nitrogens is 3. The van der Waals surface area contributed by atoms with Crippen molar-refractivity contribution in [1.29, 1.82) is 5.41 Å². The summed E-state index contributed by atoms with van der Waals surface area (Å²) in [5.41, 5.74) is 19.3. The number of phenolic OH excluding ortho intramolecular Hbond substituents is 1. The third-order valence-electron chi connectivity index (χ3n) is 25.4. The number of H-pyrrole nitrogens is 2. The number of nitrogens with two attached hydrogens (primary N) is 3. The highest BCUT2D eigenvalue weighted by Crippen LogP contribution is 2.34. The number of primary amides is 1. The number of aliphatic carboxylic acids is 1. The minimum Gasteiger partial charge on any atom is -0.508 e. The predicted molar refractivity (Wildman–Crippen MR) is 535 cm³/mol. The second-order valence-electron chi connectivity index (χ2n) is 37.0. The standard InChI is InChI=1S/C98H146N24O21S/c1-4-5-29-66(112-94(140)75(55-124)118-91(137)71(48-60-37-39-63(125)40-38-60)115-93(139)74(54-123)110-80(127)36-16-11-9-7-6-8-10-12-23-44-104-79(126)35-20-19-34-78-84-76(56-144-78)119-98(143)121-84)87(133)113-68(41-42-82(129)130)89(135)117-73(50-62-52-103-57-108-62)92(138)114-70(47-59-26-14-13-15-27-59)90(136)111-67(32-24-45-105-97(101)102)88(134)116-72(49-61-51-106-65-30-18-17-28-64(61)65)86(132)107-53-81(128)109-69(31-21-22-43-99)96(142)122-46-25-33-77(122)95(141)120-83(58(2)3)85(100)131/h13-15,17-18,26-28,30,37-40,51-52,57-58,66-78,83-84,106,123-125H,4-12,16,19-25,29,31-36,41-50,53-56,99H2,1-3H3,(H2,100,131)(H,103,108)(H,104,126)(H,107,132)(H,109,128)(H,110,127)(H,111,136)(H,112,140)(H,113,133)(H,114,138)(H,115,139)(H,116,134)(H,117,135)(H,118,137)(H,120,141)(H,129,130)(H4,101,102,105)(H2,119,121,143). The van der Waals surface area contributed by atoms with Crippen molar-refractivity contribution in [3.05, 3.63) is 120 Å². The van der Waals surface area contributed by atoms with Gasteiger partial charge >= 0.3 is 12.0 Å². The first kappa shape index (κ1) is 116. The first-order valence-corrected chi connectivity index (χ1v) is 50.9. The number of urea groups is 1. The van der Waals surface area contributed by atoms with Gasteiger partial charge in [-0.2, -0.15) is 11.8 Å². The van der Waals surface area contributed by atoms with Gasteiger partial charge in [-0.15, -0.1) is 0 Å². The van der Waals surface area contributed by atoms with Gasteiger partial charge in [-0.05, 0) is 131 Å². The predicted octanol–water partition coefficient (Wildman–Crippen LogP) is -0.377. The van der Waals surface area contributed by atoms with E-state index in [9.17, 15) is 87.5 Å². The fourth-order valence-electron chi connectivity index (χ4n) is 17.4. The lowest BCUT2D eigenvalue weighted by Gasteiger charge is -2.30. The molecule has 3 aliphatic heterocycles. The highest BCUT2D eigenvalue weighted by molar-refractivity contribution is 8.00. The molecule has 0 saturated carbocycles. The molecule has 15 unspecified atom stereocenters. The number of nitrogens with one attached hydrogen (secondary N) is 19. The zero-order valence-electron chi connectivity index (χ0n) is 82.1. The molecule has 3 fully saturated rings. The number of aromatic hydroxyl groups is 1. The molecule has 8 rings (SSSR count). The van der Waals surface area contributed by atoms with Crippen LogP contribution in [-0.4, -0.2) is 288 Å². The van der Waals surface area contributed by atoms with Gasteiger partial charge in [0, 0.05) is 98.9 Å². The van der Waals surface area contributed by atoms with Crippen LogP contribution in [0.2, 0.25) is 0 Å². The fourth-order valence-corrected chi connectivity index (χ4v) is 18.9. The number of aliphatic hydroxyl groups is 2. The number of likely N-dealkylation sites (tertiary alicyclic amines) is 1. The van der Waals surface area contributed by atoms with Crippen molar-refractivity contribution in [3.63, 3.8) is 0 Å². The number of carbonyl (C=O) groups excluding carboxylic acids is 16. The molecule has 46 heteroatoms. The normalized spacial score (nSPS) is 17.0. The molecule has 5 heterocycles. The number of rotatable bonds is 67. The smallest absolute Gasteiger partial charge is 0.315 e. The first-order valence-electron chi connectivity index (χ1n) is 49.9. The maximum atomic E-state index is 15.3. The van der Waals surface area contributed by atoms with E-state index in [0.29, 0.717) is 84.3 Å². The molecule has 790 valence electrons. The summed E-state index contributed by atoms with van der Waals surface area (Å²) in [6, 6.07) is 3.08. The van der Waals surface area contributed by atoms with E-state index in [2.05, 4.69) is 100 Å². The number of hydrogen-bond acceptors (Lipinski definition) is 24. The van der Waals surface area contributed by atoms with E-state index in [0.717, 1.165) is 70.0 Å². The number of para-hydroxylation sites is 1. The molecule has 0 bridgehead atoms. The highest BCUT2D eigenvalue weighted by atomic mass is 32.2. The monoisotopic (exact) mass is 2030 g/mol. The van der Waals surface area contributed by atoms with E-state index in [1.165, 1.54) is 41.7 Å². The van der Waals surface area contributed by atoms with E-state index in [4.69, 9.17) is 22.6 Å². The van der Waals surface area contributed by atoms with Gasteiger partial charge in [0.2, 0.25) is 88.6 Å². The van der Waals surface area contributed by atoms with Crippen LogP contribution in [0.25, 0.3) is 10.9 Å². The molecule has 45 nitrogen and oxygen atoms in total. The number of carboxylic acids is 1. The van der Waals surface area contributed by atoms with Gasteiger partial charge in [0.05, 0.1) is 43.9 Å². The fraction of sp³-hybridized carbons (Fsp3) is 0.582. The van der Waals surface area contributed by atoms with Crippen molar-refractivity contribution in [2.75, 3.05) is 51.7 Å². The molecule has 144 heavy (non-hydrogen) atoms. The van der Waals surface area contributed by atoms with Gasteiger partial charge in [0.25, 0.3) is 0 Å². The Morgan fingerprint density at radius 2 is 1.03 bits per heavy atom. The Labute approximate surface area is 841 Å². The second kappa shape index (κ2) is 61.5. The third-order valence-corrected chi connectivity index (χ3v) is 26.9. The summed E-state index contributed by atoms with van der Waals surface area (Å²) < 4.78 is 0. The number of nitrogens with zero attached hydrogens (tertiary/aromatic N) is 2. The summed E-state index contributed by atoms with van der Waals surface area (Å²) in [6.07, 6.45) is 14.6. The number of benzene rings is 3. The molecule has 3 aliphatic rings. The summed E-state index contributed by atoms with van der Waals surface area (Å²) in [6.45, 7) is 3.45. The summed E-state index contributed by atoms with van der Waals surface area (Å²) in [5, 5.41) is 93.0. The number of guanidine groups is 1. The number of aromatic amines is 2. The van der Waals surface area contributed by atoms with Crippen LogP contribution in [0.15, 0.2) is 97.6 Å². The molecule has 29 N–H and O–H groups in total. The van der Waals surface area contributed by atoms with E-state index in [1.54, 1.807) is 81.6 Å². The van der Waals surface area contributed by atoms with Crippen molar-refractivity contribution in [1.82, 2.24) is 105 Å². The Morgan fingerprint density at radius 3 is 1.62 bits per heavy atom. The van der Waals surface area contributed by atoms with Crippen molar-refractivity contribution in [2.24, 2.45) is 23.1 Å². The molecule has 0 spiro atoms. The number of carboxylic acid groups (broad SMARTS) is 1. The van der Waals surface area contributed by atoms with Crippen LogP contribution in [-0.2, 0) is 102 Å². The molecular formula is C98H146N24O21S. The van der Waals surface area contributed by atoms with E-state index in [-0.39, 0.29) is 125 Å². The largest absolute Gasteiger partial charge is 0.508 e. The number of fused-ring (bicyclic) bond motifs is 2. The molecule has 5 aromatic rings. The number of carbonyl (C=O) groups is 17. The van der Waals surface area contributed by atoms with Gasteiger partial charge in [-0.25, -0.2) is 9.78 Å². The number of imidazole rings is 1. The number of thioether (sulfide) groups is 1. The quantitative estimate of drug-likeness (QED) is 0.0102. The minimum atomic E-state index is -1.86. The van der Waals surface area contributed by atoms with Crippen molar-refractivity contribution in [2.45, 2.75) is 303 Å². The molecule has 0 aliphatic carbocycles. The highest BCUT2D eigenvalue weighted by Gasteiger charge is 2.44. The summed E-state index contributed by atoms with van der Waals surface area (Å²) >= 11 is 1.86. The zero-order valence-corrected chi connectivity index (χ0v) is 82.9. The average molecular weight is 2030 g/mol. The van der Waals surface area contributed by atoms with Gasteiger partial charge in [-0.1, -0.05) is 146 Å². The number of hydrogen-bond donors (Lipinski definition) is 26. The molecule has 3 aromatic carbocycles. The lowest BCUT2D eigenvalue weighted by Crippen LogP contribution is -2.61. The minimum absolute atomic E-state index is 0.0110. The third kappa shape index (κ3) is 39.3. The van der Waals surface area contributed by atoms with Crippen molar-refractivity contribution < 1.29 is 102 Å². The van der Waals surface area contributed by atoms with Crippen molar-refractivity contribution >= 4 is 129 Å². The summed E-state index contributed by atoms with van der Waals surface area (Å²) in [4.78, 5) is 249. The Hall–Kier alpha value is -13.5. The van der Waals surface area contributed by atoms with E-state index >= 15 is 14.4 Å². The average Bonchev–Trinajstić information content (AvgIpc) is 1.66. The van der Waals surface area contributed by atoms with E-state index < -0.39 is 206 Å². The maximum absolute atomic E-state index is 15.3. The SMILES string of the molecule is CCCCC(NC(=O)C(CO)NC(=O)C(Cc1ccc(O)cc1)NC(=O)C(CO)NC(=O)CCCCCCCCCCCNC(=O)CCCCC1SCC2NC(=O)NC21)C(=O)NC(CCC(=O)O)C(=O)NC(Cc1c[nH]cn1)C(=O)NC(Cc1ccccc1)C(=O)NC(CCCNC(=N)N)C(=O)NC(Cc1c[nH]c2ccccc12)C(=O)NCC(=O)NC(CCCCN)C(=O)N1CCCC1C(=O)NC(C(N)=O)C(C)C. The second-order valence-corrected chi connectivity index (χ2v) is 38.3. The first-order chi connectivity index (χ1) is 69.1. The summed E-state index contributed by atoms with van der Waals surface area (Å²) in [7, 11) is 0. The molecule has 0 radical (unpaired) electrons. The van der Waals surface area contributed by atoms with E-state index in [1.807, 2.05) is 11.8 Å². The van der Waals surface area contributed by atoms with Crippen LogP contribution in [0.5, 0.6) is 5.75 Å². The Bertz CT molecular complexity index is 5060. The van der Waals surface area contributed by atoms with Gasteiger partial charge in [0.15, 0.2) is 5.96 Å². The summed E-state index contributed by atoms with van der Waals surface area (Å²) in [5.74, 6) is -14.0. The molecular weight excluding hydrogens is 1880 g/mol. The molecule has 3 saturated heterocycles. The Morgan fingerprint density at radius 1 is 0.514 bits per heavy atom.